The van der Waals surface area contributed by atoms with Gasteiger partial charge < -0.3 is 15.7 Å². The first-order valence-corrected chi connectivity index (χ1v) is 7.06. The van der Waals surface area contributed by atoms with Crippen molar-refractivity contribution in [2.24, 2.45) is 5.92 Å². The molecule has 1 aromatic rings. The van der Waals surface area contributed by atoms with Gasteiger partial charge in [-0.1, -0.05) is 28.9 Å². The van der Waals surface area contributed by atoms with E-state index in [-0.39, 0.29) is 5.69 Å². The highest BCUT2D eigenvalue weighted by Gasteiger charge is 2.26. The standard InChI is InChI=1S/C14H16BrFN2O3/c1-3-8(4-2)12(13(19)20)18-14(21)17-11-6-5-9(15)7-10(11)16/h3,5-8,12H,1,4H2,2H3,(H,19,20)(H2,17,18,21). The Bertz CT molecular complexity index is 551. The quantitative estimate of drug-likeness (QED) is 0.682. The maximum atomic E-state index is 13.6. The predicted molar refractivity (Wildman–Crippen MR) is 81.7 cm³/mol. The molecule has 1 aromatic carbocycles. The zero-order chi connectivity index (χ0) is 16.0. The molecule has 1 rings (SSSR count). The maximum absolute atomic E-state index is 13.6. The second kappa shape index (κ2) is 7.78. The molecule has 0 spiro atoms. The fraction of sp³-hybridized carbons (Fsp3) is 0.286. The zero-order valence-electron chi connectivity index (χ0n) is 11.4. The molecule has 7 heteroatoms. The van der Waals surface area contributed by atoms with Crippen LogP contribution >= 0.6 is 15.9 Å². The molecule has 0 radical (unpaired) electrons. The third-order valence-corrected chi connectivity index (χ3v) is 3.43. The van der Waals surface area contributed by atoms with Gasteiger partial charge in [0.2, 0.25) is 0 Å². The summed E-state index contributed by atoms with van der Waals surface area (Å²) in [5.74, 6) is -2.21. The molecule has 0 saturated carbocycles. The summed E-state index contributed by atoms with van der Waals surface area (Å²) < 4.78 is 14.1. The van der Waals surface area contributed by atoms with Gasteiger partial charge in [-0.3, -0.25) is 0 Å². The molecule has 0 aliphatic rings. The number of carbonyl (C=O) groups excluding carboxylic acids is 1. The van der Waals surface area contributed by atoms with Gasteiger partial charge in [-0.25, -0.2) is 14.0 Å². The van der Waals surface area contributed by atoms with E-state index in [2.05, 4.69) is 33.1 Å². The molecule has 2 atom stereocenters. The summed E-state index contributed by atoms with van der Waals surface area (Å²) in [6.45, 7) is 5.34. The number of rotatable bonds is 6. The van der Waals surface area contributed by atoms with E-state index in [4.69, 9.17) is 5.11 Å². The zero-order valence-corrected chi connectivity index (χ0v) is 13.0. The molecule has 2 amide bonds. The molecule has 0 aromatic heterocycles. The average Bonchev–Trinajstić information content (AvgIpc) is 2.42. The Morgan fingerprint density at radius 1 is 1.52 bits per heavy atom. The number of carboxylic acid groups (broad SMARTS) is 1. The number of hydrogen-bond acceptors (Lipinski definition) is 2. The lowest BCUT2D eigenvalue weighted by atomic mass is 9.97. The van der Waals surface area contributed by atoms with Crippen molar-refractivity contribution in [1.82, 2.24) is 5.32 Å². The van der Waals surface area contributed by atoms with Gasteiger partial charge in [-0.05, 0) is 24.6 Å². The third kappa shape index (κ3) is 4.86. The Balaban J connectivity index is 2.78. The fourth-order valence-electron chi connectivity index (χ4n) is 1.78. The number of aliphatic carboxylic acids is 1. The number of halogens is 2. The van der Waals surface area contributed by atoms with Gasteiger partial charge in [-0.2, -0.15) is 0 Å². The van der Waals surface area contributed by atoms with E-state index in [1.165, 1.54) is 18.2 Å². The minimum absolute atomic E-state index is 0.0357. The highest BCUT2D eigenvalue weighted by Crippen LogP contribution is 2.19. The van der Waals surface area contributed by atoms with Gasteiger partial charge in [0, 0.05) is 10.4 Å². The van der Waals surface area contributed by atoms with Crippen molar-refractivity contribution in [3.05, 3.63) is 41.1 Å². The van der Waals surface area contributed by atoms with Gasteiger partial charge in [0.15, 0.2) is 0 Å². The summed E-state index contributed by atoms with van der Waals surface area (Å²) in [6, 6.07) is 2.23. The third-order valence-electron chi connectivity index (χ3n) is 2.93. The first-order chi connectivity index (χ1) is 9.88. The lowest BCUT2D eigenvalue weighted by Crippen LogP contribution is -2.47. The highest BCUT2D eigenvalue weighted by molar-refractivity contribution is 9.10. The van der Waals surface area contributed by atoms with Crippen LogP contribution < -0.4 is 10.6 Å². The fourth-order valence-corrected chi connectivity index (χ4v) is 2.11. The van der Waals surface area contributed by atoms with E-state index < -0.39 is 29.8 Å². The molecule has 0 bridgehead atoms. The van der Waals surface area contributed by atoms with Gasteiger partial charge in [0.25, 0.3) is 0 Å². The SMILES string of the molecule is C=CC(CC)C(NC(=O)Nc1ccc(Br)cc1F)C(=O)O. The van der Waals surface area contributed by atoms with E-state index in [1.807, 2.05) is 0 Å². The normalized spacial score (nSPS) is 13.1. The molecular weight excluding hydrogens is 343 g/mol. The van der Waals surface area contributed by atoms with Crippen LogP contribution in [-0.2, 0) is 4.79 Å². The molecule has 114 valence electrons. The number of nitrogens with one attached hydrogen (secondary N) is 2. The minimum Gasteiger partial charge on any atom is -0.480 e. The number of hydrogen-bond donors (Lipinski definition) is 3. The Morgan fingerprint density at radius 3 is 2.67 bits per heavy atom. The van der Waals surface area contributed by atoms with Crippen LogP contribution in [0.25, 0.3) is 0 Å². The van der Waals surface area contributed by atoms with Gasteiger partial charge in [0.1, 0.15) is 11.9 Å². The number of anilines is 1. The van der Waals surface area contributed by atoms with Crippen LogP contribution in [0.5, 0.6) is 0 Å². The number of carboxylic acids is 1. The molecule has 0 saturated heterocycles. The number of benzene rings is 1. The largest absolute Gasteiger partial charge is 0.480 e. The highest BCUT2D eigenvalue weighted by atomic mass is 79.9. The Morgan fingerprint density at radius 2 is 2.19 bits per heavy atom. The van der Waals surface area contributed by atoms with Crippen LogP contribution in [0.15, 0.2) is 35.3 Å². The number of urea groups is 1. The topological polar surface area (TPSA) is 78.4 Å². The van der Waals surface area contributed by atoms with Crippen LogP contribution in [0.3, 0.4) is 0 Å². The molecule has 0 aliphatic heterocycles. The van der Waals surface area contributed by atoms with Gasteiger partial charge >= 0.3 is 12.0 Å². The van der Waals surface area contributed by atoms with E-state index >= 15 is 0 Å². The molecule has 5 nitrogen and oxygen atoms in total. The van der Waals surface area contributed by atoms with Crippen molar-refractivity contribution in [1.29, 1.82) is 0 Å². The monoisotopic (exact) mass is 358 g/mol. The van der Waals surface area contributed by atoms with E-state index in [9.17, 15) is 14.0 Å². The van der Waals surface area contributed by atoms with E-state index in [1.54, 1.807) is 13.0 Å². The van der Waals surface area contributed by atoms with E-state index in [0.717, 1.165) is 0 Å². The maximum Gasteiger partial charge on any atom is 0.326 e. The Kier molecular flexibility index (Phi) is 6.36. The van der Waals surface area contributed by atoms with Gasteiger partial charge in [-0.15, -0.1) is 6.58 Å². The van der Waals surface area contributed by atoms with Gasteiger partial charge in [0.05, 0.1) is 5.69 Å². The van der Waals surface area contributed by atoms with Crippen LogP contribution in [0, 0.1) is 11.7 Å². The smallest absolute Gasteiger partial charge is 0.326 e. The summed E-state index contributed by atoms with van der Waals surface area (Å²) in [6.07, 6.45) is 1.98. The second-order valence-corrected chi connectivity index (χ2v) is 5.26. The van der Waals surface area contributed by atoms with E-state index in [0.29, 0.717) is 10.9 Å². The van der Waals surface area contributed by atoms with Crippen molar-refractivity contribution in [2.75, 3.05) is 5.32 Å². The van der Waals surface area contributed by atoms with Crippen molar-refractivity contribution < 1.29 is 19.1 Å². The number of carbonyl (C=O) groups is 2. The summed E-state index contributed by atoms with van der Waals surface area (Å²) in [5.41, 5.74) is -0.0357. The summed E-state index contributed by atoms with van der Waals surface area (Å²) >= 11 is 3.10. The van der Waals surface area contributed by atoms with Crippen LogP contribution in [0.4, 0.5) is 14.9 Å². The van der Waals surface area contributed by atoms with Crippen molar-refractivity contribution >= 4 is 33.6 Å². The summed E-state index contributed by atoms with van der Waals surface area (Å²) in [5, 5.41) is 13.7. The molecule has 2 unspecified atom stereocenters. The van der Waals surface area contributed by atoms with Crippen molar-refractivity contribution in [3.8, 4) is 0 Å². The molecule has 0 aliphatic carbocycles. The van der Waals surface area contributed by atoms with Crippen LogP contribution in [0.1, 0.15) is 13.3 Å². The predicted octanol–water partition coefficient (Wildman–Crippen LogP) is 3.38. The Labute approximate surface area is 130 Å². The van der Waals surface area contributed by atoms with Crippen molar-refractivity contribution in [3.63, 3.8) is 0 Å². The lowest BCUT2D eigenvalue weighted by Gasteiger charge is -2.21. The minimum atomic E-state index is -1.17. The molecule has 21 heavy (non-hydrogen) atoms. The Hall–Kier alpha value is -1.89. The van der Waals surface area contributed by atoms with Crippen molar-refractivity contribution in [2.45, 2.75) is 19.4 Å². The molecular formula is C14H16BrFN2O3. The second-order valence-electron chi connectivity index (χ2n) is 4.35. The first kappa shape index (κ1) is 17.2. The first-order valence-electron chi connectivity index (χ1n) is 6.27. The molecule has 0 fully saturated rings. The molecule has 0 heterocycles. The molecule has 3 N–H and O–H groups in total. The lowest BCUT2D eigenvalue weighted by molar-refractivity contribution is -0.140. The number of amides is 2. The van der Waals surface area contributed by atoms with Crippen LogP contribution in [-0.4, -0.2) is 23.1 Å². The summed E-state index contributed by atoms with van der Waals surface area (Å²) in [4.78, 5) is 23.0. The average molecular weight is 359 g/mol. The summed E-state index contributed by atoms with van der Waals surface area (Å²) in [7, 11) is 0. The van der Waals surface area contributed by atoms with Crippen LogP contribution in [0.2, 0.25) is 0 Å².